The minimum absolute atomic E-state index is 0.278. The molecule has 0 bridgehead atoms. The molecule has 2 aromatic carbocycles. The van der Waals surface area contributed by atoms with Crippen LogP contribution in [0.3, 0.4) is 0 Å². The van der Waals surface area contributed by atoms with E-state index < -0.39 is 11.8 Å². The summed E-state index contributed by atoms with van der Waals surface area (Å²) in [6, 6.07) is 13.5. The first-order chi connectivity index (χ1) is 10.4. The van der Waals surface area contributed by atoms with Crippen LogP contribution in [0.1, 0.15) is 20.8 Å². The van der Waals surface area contributed by atoms with Crippen molar-refractivity contribution in [3.63, 3.8) is 0 Å². The van der Waals surface area contributed by atoms with E-state index in [0.29, 0.717) is 5.75 Å². The molecule has 0 N–H and O–H groups in total. The molecule has 5 heteroatoms. The normalized spacial score (nSPS) is 13.0. The zero-order valence-corrected chi connectivity index (χ0v) is 14.7. The molecule has 1 aliphatic rings. The molecule has 0 aliphatic carbocycles. The molecule has 3 rings (SSSR count). The van der Waals surface area contributed by atoms with Crippen molar-refractivity contribution in [3.05, 3.63) is 49.6 Å². The van der Waals surface area contributed by atoms with Gasteiger partial charge >= 0.3 is 140 Å². The standard InChI is InChI=1S/C17H16IO4/c1-17(2,3)22-16(19)20-11-8-9-13-15(10-11)21-14-7-5-4-6-12(14)18-13/h4-10H,1-3H3/q-1. The molecular formula is C17H16IO4-. The van der Waals surface area contributed by atoms with Gasteiger partial charge in [0.25, 0.3) is 0 Å². The summed E-state index contributed by atoms with van der Waals surface area (Å²) in [7, 11) is 0. The van der Waals surface area contributed by atoms with Crippen LogP contribution in [0.5, 0.6) is 17.2 Å². The van der Waals surface area contributed by atoms with Crippen LogP contribution in [-0.2, 0) is 4.74 Å². The monoisotopic (exact) mass is 411 g/mol. The topological polar surface area (TPSA) is 44.8 Å². The molecule has 0 saturated heterocycles. The van der Waals surface area contributed by atoms with Crippen LogP contribution in [0.15, 0.2) is 42.5 Å². The van der Waals surface area contributed by atoms with Gasteiger partial charge in [-0.2, -0.15) is 0 Å². The second-order valence-corrected chi connectivity index (χ2v) is 8.65. The summed E-state index contributed by atoms with van der Waals surface area (Å²) in [6.45, 7) is 5.39. The van der Waals surface area contributed by atoms with Gasteiger partial charge in [0.1, 0.15) is 0 Å². The second-order valence-electron chi connectivity index (χ2n) is 5.79. The quantitative estimate of drug-likeness (QED) is 0.344. The average molecular weight is 411 g/mol. The van der Waals surface area contributed by atoms with Crippen LogP contribution >= 0.6 is 0 Å². The Kier molecular flexibility index (Phi) is 3.99. The van der Waals surface area contributed by atoms with E-state index in [9.17, 15) is 4.79 Å². The molecule has 0 unspecified atom stereocenters. The number of hydrogen-bond acceptors (Lipinski definition) is 4. The summed E-state index contributed by atoms with van der Waals surface area (Å²) in [4.78, 5) is 11.7. The number of rotatable bonds is 1. The van der Waals surface area contributed by atoms with Crippen molar-refractivity contribution in [2.45, 2.75) is 26.4 Å². The van der Waals surface area contributed by atoms with Gasteiger partial charge in [-0.1, -0.05) is 0 Å². The zero-order chi connectivity index (χ0) is 15.7. The van der Waals surface area contributed by atoms with Gasteiger partial charge in [0.2, 0.25) is 0 Å². The Hall–Kier alpha value is -1.76. The summed E-state index contributed by atoms with van der Waals surface area (Å²) >= 11 is -0.278. The Balaban J connectivity index is 1.77. The van der Waals surface area contributed by atoms with Crippen molar-refractivity contribution in [2.75, 3.05) is 0 Å². The van der Waals surface area contributed by atoms with Crippen molar-refractivity contribution < 1.29 is 40.2 Å². The van der Waals surface area contributed by atoms with Crippen LogP contribution in [-0.4, -0.2) is 11.8 Å². The Morgan fingerprint density at radius 3 is 2.55 bits per heavy atom. The van der Waals surface area contributed by atoms with Crippen molar-refractivity contribution >= 4 is 6.16 Å². The van der Waals surface area contributed by atoms with E-state index in [2.05, 4.69) is 6.07 Å². The molecule has 4 nitrogen and oxygen atoms in total. The average Bonchev–Trinajstić information content (AvgIpc) is 2.43. The summed E-state index contributed by atoms with van der Waals surface area (Å²) < 4.78 is 18.7. The van der Waals surface area contributed by atoms with Gasteiger partial charge in [0.15, 0.2) is 0 Å². The molecule has 0 aromatic heterocycles. The number of ether oxygens (including phenoxy) is 3. The molecule has 0 saturated carbocycles. The number of carbonyl (C=O) groups is 1. The van der Waals surface area contributed by atoms with Gasteiger partial charge in [-0.25, -0.2) is 0 Å². The Labute approximate surface area is 139 Å². The first kappa shape index (κ1) is 15.1. The van der Waals surface area contributed by atoms with Crippen LogP contribution < -0.4 is 30.7 Å². The van der Waals surface area contributed by atoms with Gasteiger partial charge in [-0.15, -0.1) is 0 Å². The van der Waals surface area contributed by atoms with Crippen molar-refractivity contribution in [2.24, 2.45) is 0 Å². The zero-order valence-electron chi connectivity index (χ0n) is 12.6. The van der Waals surface area contributed by atoms with Gasteiger partial charge in [0, 0.05) is 0 Å². The molecule has 1 heterocycles. The number of para-hydroxylation sites is 1. The number of benzene rings is 2. The number of halogens is 1. The Morgan fingerprint density at radius 1 is 1.05 bits per heavy atom. The van der Waals surface area contributed by atoms with E-state index >= 15 is 0 Å². The molecule has 2 aromatic rings. The molecule has 0 radical (unpaired) electrons. The van der Waals surface area contributed by atoms with Crippen molar-refractivity contribution in [1.29, 1.82) is 0 Å². The fraction of sp³-hybridized carbons (Fsp3) is 0.235. The summed E-state index contributed by atoms with van der Waals surface area (Å²) in [5, 5.41) is 0. The van der Waals surface area contributed by atoms with Crippen molar-refractivity contribution in [3.8, 4) is 17.2 Å². The predicted octanol–water partition coefficient (Wildman–Crippen LogP) is 1.23. The van der Waals surface area contributed by atoms with E-state index in [1.807, 2.05) is 24.3 Å². The maximum atomic E-state index is 11.7. The van der Waals surface area contributed by atoms with E-state index in [1.54, 1.807) is 32.9 Å². The predicted molar refractivity (Wildman–Crippen MR) is 77.2 cm³/mol. The first-order valence-electron chi connectivity index (χ1n) is 6.87. The Morgan fingerprint density at radius 2 is 1.77 bits per heavy atom. The van der Waals surface area contributed by atoms with Crippen molar-refractivity contribution in [1.82, 2.24) is 0 Å². The third-order valence-corrected chi connectivity index (χ3v) is 5.70. The third-order valence-electron chi connectivity index (χ3n) is 2.75. The number of carbonyl (C=O) groups excluding carboxylic acids is 1. The van der Waals surface area contributed by atoms with Crippen LogP contribution in [0.4, 0.5) is 4.79 Å². The van der Waals surface area contributed by atoms with Crippen LogP contribution in [0.2, 0.25) is 0 Å². The van der Waals surface area contributed by atoms with Crippen LogP contribution in [0.25, 0.3) is 0 Å². The molecule has 0 fully saturated rings. The minimum atomic E-state index is -0.710. The van der Waals surface area contributed by atoms with E-state index in [4.69, 9.17) is 14.2 Å². The summed E-state index contributed by atoms with van der Waals surface area (Å²) in [6.07, 6.45) is -0.710. The third kappa shape index (κ3) is 3.52. The summed E-state index contributed by atoms with van der Waals surface area (Å²) in [5.74, 6) is 2.07. The second kappa shape index (κ2) is 5.79. The van der Waals surface area contributed by atoms with E-state index in [1.165, 1.54) is 7.14 Å². The van der Waals surface area contributed by atoms with Gasteiger partial charge in [-0.3, -0.25) is 0 Å². The van der Waals surface area contributed by atoms with Crippen LogP contribution in [0, 0.1) is 7.14 Å². The van der Waals surface area contributed by atoms with Gasteiger partial charge in [0.05, 0.1) is 0 Å². The maximum absolute atomic E-state index is 11.7. The number of fused-ring (bicyclic) bond motifs is 2. The molecule has 1 aliphatic heterocycles. The fourth-order valence-electron chi connectivity index (χ4n) is 1.90. The fourth-order valence-corrected chi connectivity index (χ4v) is 4.36. The molecule has 116 valence electrons. The molecule has 22 heavy (non-hydrogen) atoms. The van der Waals surface area contributed by atoms with E-state index in [0.717, 1.165) is 11.5 Å². The van der Waals surface area contributed by atoms with E-state index in [-0.39, 0.29) is 21.2 Å². The molecule has 0 atom stereocenters. The summed E-state index contributed by atoms with van der Waals surface area (Å²) in [5.41, 5.74) is -0.577. The van der Waals surface area contributed by atoms with Gasteiger partial charge in [-0.05, 0) is 0 Å². The first-order valence-corrected chi connectivity index (χ1v) is 9.03. The van der Waals surface area contributed by atoms with Gasteiger partial charge < -0.3 is 0 Å². The Bertz CT molecular complexity index is 719. The SMILES string of the molecule is CC(C)(C)OC(=O)Oc1ccc2c(c1)Oc1ccccc1[I-]2. The molecule has 0 amide bonds. The molecular weight excluding hydrogens is 395 g/mol. The number of hydrogen-bond donors (Lipinski definition) is 0. The molecule has 0 spiro atoms.